The van der Waals surface area contributed by atoms with Crippen LogP contribution in [0.2, 0.25) is 0 Å². The van der Waals surface area contributed by atoms with E-state index in [1.54, 1.807) is 23.7 Å². The molecule has 2 heterocycles. The van der Waals surface area contributed by atoms with Gasteiger partial charge in [-0.1, -0.05) is 30.3 Å². The minimum Gasteiger partial charge on any atom is -0.481 e. The van der Waals surface area contributed by atoms with Crippen LogP contribution in [0.5, 0.6) is 0 Å². The van der Waals surface area contributed by atoms with Crippen molar-refractivity contribution >= 4 is 17.3 Å². The molecule has 1 N–H and O–H groups in total. The lowest BCUT2D eigenvalue weighted by atomic mass is 9.97. The zero-order valence-corrected chi connectivity index (χ0v) is 18.9. The zero-order chi connectivity index (χ0) is 22.9. The SMILES string of the molecule is CC(C)(C)n1ncc(-c2nc(C(Cc3ccccc3)C(=O)O)cs2)c1-c1ccc(F)cc1. The van der Waals surface area contributed by atoms with Crippen molar-refractivity contribution in [3.8, 4) is 21.8 Å². The second-order valence-corrected chi connectivity index (χ2v) is 9.51. The number of aliphatic carboxylic acids is 1. The molecule has 32 heavy (non-hydrogen) atoms. The molecular weight excluding hydrogens is 425 g/mol. The fourth-order valence-electron chi connectivity index (χ4n) is 3.64. The number of hydrogen-bond donors (Lipinski definition) is 1. The highest BCUT2D eigenvalue weighted by atomic mass is 32.1. The standard InChI is InChI=1S/C25H24FN3O2S/c1-25(2,3)29-22(17-9-11-18(26)12-10-17)20(14-27-29)23-28-21(15-32-23)19(24(30)31)13-16-7-5-4-6-8-16/h4-12,14-15,19H,13H2,1-3H3,(H,30,31). The molecule has 1 atom stereocenters. The van der Waals surface area contributed by atoms with Gasteiger partial charge in [0.15, 0.2) is 0 Å². The van der Waals surface area contributed by atoms with Gasteiger partial charge in [0, 0.05) is 10.9 Å². The summed E-state index contributed by atoms with van der Waals surface area (Å²) in [5, 5.41) is 16.9. The third-order valence-corrected chi connectivity index (χ3v) is 6.11. The van der Waals surface area contributed by atoms with Gasteiger partial charge >= 0.3 is 5.97 Å². The molecule has 0 spiro atoms. The van der Waals surface area contributed by atoms with Crippen LogP contribution in [0, 0.1) is 5.82 Å². The summed E-state index contributed by atoms with van der Waals surface area (Å²) >= 11 is 1.39. The van der Waals surface area contributed by atoms with Crippen LogP contribution >= 0.6 is 11.3 Å². The highest BCUT2D eigenvalue weighted by Gasteiger charge is 2.27. The molecule has 4 rings (SSSR count). The Morgan fingerprint density at radius 1 is 1.12 bits per heavy atom. The second kappa shape index (κ2) is 8.67. The average molecular weight is 450 g/mol. The molecule has 1 unspecified atom stereocenters. The Bertz CT molecular complexity index is 1220. The first-order valence-corrected chi connectivity index (χ1v) is 11.2. The number of rotatable bonds is 6. The van der Waals surface area contributed by atoms with Crippen molar-refractivity contribution in [2.24, 2.45) is 0 Å². The number of hydrogen-bond acceptors (Lipinski definition) is 4. The molecule has 0 fully saturated rings. The van der Waals surface area contributed by atoms with Crippen molar-refractivity contribution < 1.29 is 14.3 Å². The Hall–Kier alpha value is -3.32. The number of halogens is 1. The van der Waals surface area contributed by atoms with Crippen molar-refractivity contribution in [1.29, 1.82) is 0 Å². The molecule has 2 aromatic carbocycles. The maximum atomic E-state index is 13.5. The molecule has 0 saturated heterocycles. The monoisotopic (exact) mass is 449 g/mol. The molecular formula is C25H24FN3O2S. The van der Waals surface area contributed by atoms with Crippen LogP contribution in [-0.2, 0) is 16.8 Å². The Morgan fingerprint density at radius 3 is 2.44 bits per heavy atom. The fourth-order valence-corrected chi connectivity index (χ4v) is 4.52. The Kier molecular flexibility index (Phi) is 5.93. The largest absolute Gasteiger partial charge is 0.481 e. The van der Waals surface area contributed by atoms with E-state index in [9.17, 15) is 14.3 Å². The van der Waals surface area contributed by atoms with Gasteiger partial charge in [-0.2, -0.15) is 5.10 Å². The highest BCUT2D eigenvalue weighted by molar-refractivity contribution is 7.13. The van der Waals surface area contributed by atoms with E-state index >= 15 is 0 Å². The van der Waals surface area contributed by atoms with E-state index in [0.29, 0.717) is 17.1 Å². The van der Waals surface area contributed by atoms with E-state index < -0.39 is 11.9 Å². The summed E-state index contributed by atoms with van der Waals surface area (Å²) in [6.45, 7) is 6.14. The van der Waals surface area contributed by atoms with Gasteiger partial charge in [0.05, 0.1) is 28.7 Å². The number of benzene rings is 2. The van der Waals surface area contributed by atoms with Crippen LogP contribution in [0.25, 0.3) is 21.8 Å². The number of carboxylic acid groups (broad SMARTS) is 1. The maximum Gasteiger partial charge on any atom is 0.312 e. The smallest absolute Gasteiger partial charge is 0.312 e. The number of carboxylic acids is 1. The summed E-state index contributed by atoms with van der Waals surface area (Å²) in [6.07, 6.45) is 2.12. The molecule has 2 aromatic heterocycles. The minimum atomic E-state index is -0.908. The van der Waals surface area contributed by atoms with Gasteiger partial charge in [0.25, 0.3) is 0 Å². The van der Waals surface area contributed by atoms with Crippen molar-refractivity contribution in [1.82, 2.24) is 14.8 Å². The average Bonchev–Trinajstić information content (AvgIpc) is 3.40. The number of carbonyl (C=O) groups is 1. The topological polar surface area (TPSA) is 68.0 Å². The summed E-state index contributed by atoms with van der Waals surface area (Å²) in [6, 6.07) is 15.8. The van der Waals surface area contributed by atoms with Gasteiger partial charge in [-0.3, -0.25) is 9.48 Å². The van der Waals surface area contributed by atoms with E-state index in [1.165, 1.54) is 23.5 Å². The van der Waals surface area contributed by atoms with Gasteiger partial charge in [-0.25, -0.2) is 9.37 Å². The van der Waals surface area contributed by atoms with Gasteiger partial charge in [0.2, 0.25) is 0 Å². The predicted molar refractivity (Wildman–Crippen MR) is 124 cm³/mol. The molecule has 0 radical (unpaired) electrons. The van der Waals surface area contributed by atoms with Crippen LogP contribution in [0.4, 0.5) is 4.39 Å². The molecule has 0 aliphatic rings. The second-order valence-electron chi connectivity index (χ2n) is 8.65. The lowest BCUT2D eigenvalue weighted by Gasteiger charge is -2.23. The highest BCUT2D eigenvalue weighted by Crippen LogP contribution is 2.38. The minimum absolute atomic E-state index is 0.307. The quantitative estimate of drug-likeness (QED) is 0.393. The molecule has 5 nitrogen and oxygen atoms in total. The van der Waals surface area contributed by atoms with Crippen molar-refractivity contribution in [2.45, 2.75) is 38.6 Å². The van der Waals surface area contributed by atoms with Gasteiger partial charge < -0.3 is 5.11 Å². The fraction of sp³-hybridized carbons (Fsp3) is 0.240. The molecule has 164 valence electrons. The molecule has 0 bridgehead atoms. The zero-order valence-electron chi connectivity index (χ0n) is 18.1. The molecule has 7 heteroatoms. The number of nitrogens with zero attached hydrogens (tertiary/aromatic N) is 3. The summed E-state index contributed by atoms with van der Waals surface area (Å²) in [7, 11) is 0. The van der Waals surface area contributed by atoms with Crippen molar-refractivity contribution in [3.63, 3.8) is 0 Å². The van der Waals surface area contributed by atoms with Crippen LogP contribution in [-0.4, -0.2) is 25.8 Å². The summed E-state index contributed by atoms with van der Waals surface area (Å²) in [5.41, 5.74) is 3.61. The van der Waals surface area contributed by atoms with E-state index in [1.807, 2.05) is 55.8 Å². The van der Waals surface area contributed by atoms with Gasteiger partial charge in [0.1, 0.15) is 16.7 Å². The molecule has 0 saturated carbocycles. The lowest BCUT2D eigenvalue weighted by Crippen LogP contribution is -2.24. The third-order valence-electron chi connectivity index (χ3n) is 5.21. The third kappa shape index (κ3) is 4.48. The van der Waals surface area contributed by atoms with E-state index in [4.69, 9.17) is 4.98 Å². The predicted octanol–water partition coefficient (Wildman–Crippen LogP) is 5.98. The van der Waals surface area contributed by atoms with Crippen molar-refractivity contribution in [2.75, 3.05) is 0 Å². The molecule has 0 aliphatic heterocycles. The first-order chi connectivity index (χ1) is 15.2. The molecule has 4 aromatic rings. The van der Waals surface area contributed by atoms with Crippen LogP contribution in [0.1, 0.15) is 37.9 Å². The Balaban J connectivity index is 1.76. The number of aromatic nitrogens is 3. The molecule has 0 amide bonds. The lowest BCUT2D eigenvalue weighted by molar-refractivity contribution is -0.138. The summed E-state index contributed by atoms with van der Waals surface area (Å²) < 4.78 is 15.4. The van der Waals surface area contributed by atoms with E-state index in [0.717, 1.165) is 22.4 Å². The Labute approximate surface area is 190 Å². The maximum absolute atomic E-state index is 13.5. The Morgan fingerprint density at radius 2 is 1.81 bits per heavy atom. The van der Waals surface area contributed by atoms with Crippen LogP contribution < -0.4 is 0 Å². The van der Waals surface area contributed by atoms with Crippen molar-refractivity contribution in [3.05, 3.63) is 83.2 Å². The van der Waals surface area contributed by atoms with Gasteiger partial charge in [-0.05, 0) is 57.0 Å². The normalized spacial score (nSPS) is 12.6. The summed E-state index contributed by atoms with van der Waals surface area (Å²) in [4.78, 5) is 16.7. The molecule has 0 aliphatic carbocycles. The van der Waals surface area contributed by atoms with E-state index in [2.05, 4.69) is 5.10 Å². The van der Waals surface area contributed by atoms with Gasteiger partial charge in [-0.15, -0.1) is 11.3 Å². The van der Waals surface area contributed by atoms with Crippen LogP contribution in [0.3, 0.4) is 0 Å². The van der Waals surface area contributed by atoms with Crippen LogP contribution in [0.15, 0.2) is 66.2 Å². The van der Waals surface area contributed by atoms with E-state index in [-0.39, 0.29) is 11.4 Å². The number of thiazole rings is 1. The first-order valence-electron chi connectivity index (χ1n) is 10.3. The first kappa shape index (κ1) is 21.9. The summed E-state index contributed by atoms with van der Waals surface area (Å²) in [5.74, 6) is -1.96.